The zero-order valence-corrected chi connectivity index (χ0v) is 23.8. The van der Waals surface area contributed by atoms with Gasteiger partial charge in [-0.1, -0.05) is 6.92 Å². The Morgan fingerprint density at radius 2 is 1.89 bits per heavy atom. The maximum atomic E-state index is 15.8. The first-order chi connectivity index (χ1) is 18.0. The first-order valence-corrected chi connectivity index (χ1v) is 14.5. The zero-order chi connectivity index (χ0) is 27.6. The average Bonchev–Trinajstić information content (AvgIpc) is 3.70. The molecule has 0 spiro atoms. The van der Waals surface area contributed by atoms with Crippen molar-refractivity contribution in [3.8, 4) is 5.75 Å². The number of benzene rings is 2. The van der Waals surface area contributed by atoms with Crippen LogP contribution in [0.1, 0.15) is 41.3 Å². The smallest absolute Gasteiger partial charge is 0.254 e. The van der Waals surface area contributed by atoms with Crippen LogP contribution >= 0.6 is 22.6 Å². The molecule has 0 unspecified atom stereocenters. The molecule has 0 atom stereocenters. The molecule has 1 amide bonds. The Balaban J connectivity index is 1.91. The number of aryl methyl sites for hydroxylation is 1. The monoisotopic (exact) mass is 656 g/mol. The lowest BCUT2D eigenvalue weighted by Gasteiger charge is -2.25. The normalized spacial score (nSPS) is 13.5. The van der Waals surface area contributed by atoms with Gasteiger partial charge in [-0.15, -0.1) is 0 Å². The molecule has 0 bridgehead atoms. The minimum absolute atomic E-state index is 0.0341. The van der Waals surface area contributed by atoms with Crippen LogP contribution < -0.4 is 15.8 Å². The number of rotatable bonds is 11. The molecule has 1 aromatic heterocycles. The van der Waals surface area contributed by atoms with E-state index >= 15 is 8.78 Å². The minimum Gasteiger partial charge on any atom is -0.491 e. The summed E-state index contributed by atoms with van der Waals surface area (Å²) < 4.78 is 66.8. The highest BCUT2D eigenvalue weighted by Gasteiger charge is 2.39. The second-order valence-corrected chi connectivity index (χ2v) is 12.1. The van der Waals surface area contributed by atoms with Crippen molar-refractivity contribution in [3.05, 3.63) is 74.6 Å². The van der Waals surface area contributed by atoms with Gasteiger partial charge in [0.25, 0.3) is 5.91 Å². The number of ether oxygens (including phenoxy) is 1. The van der Waals surface area contributed by atoms with Crippen LogP contribution in [-0.2, 0) is 16.6 Å². The number of nitrogens with zero attached hydrogens (tertiary/aromatic N) is 2. The number of sulfonamides is 1. The fourth-order valence-electron chi connectivity index (χ4n) is 3.94. The lowest BCUT2D eigenvalue weighted by Crippen LogP contribution is -2.32. The van der Waals surface area contributed by atoms with E-state index < -0.39 is 49.5 Å². The summed E-state index contributed by atoms with van der Waals surface area (Å²) in [6.45, 7) is 3.18. The minimum atomic E-state index is -4.68. The first-order valence-electron chi connectivity index (χ1n) is 11.9. The van der Waals surface area contributed by atoms with Crippen LogP contribution in [0.2, 0.25) is 0 Å². The predicted molar refractivity (Wildman–Crippen MR) is 148 cm³/mol. The van der Waals surface area contributed by atoms with Gasteiger partial charge in [0, 0.05) is 34.7 Å². The first kappa shape index (κ1) is 28.2. The lowest BCUT2D eigenvalue weighted by atomic mass is 10.1. The van der Waals surface area contributed by atoms with Crippen molar-refractivity contribution < 1.29 is 26.7 Å². The van der Waals surface area contributed by atoms with Crippen LogP contribution in [0, 0.1) is 28.0 Å². The van der Waals surface area contributed by atoms with Gasteiger partial charge in [0.1, 0.15) is 5.56 Å². The fourth-order valence-corrected chi connectivity index (χ4v) is 6.22. The SMILES string of the molecule is CCN(Cc1ccncc1)S(=O)(=O)c1c(F)c(F)c(Nc2ccc(I)cc2C)c(C(N)=O)c1OCC1CC1. The number of hydrogen-bond donors (Lipinski definition) is 2. The Bertz CT molecular complexity index is 1470. The highest BCUT2D eigenvalue weighted by atomic mass is 127. The number of aromatic nitrogens is 1. The molecular weight excluding hydrogens is 629 g/mol. The fraction of sp³-hybridized carbons (Fsp3) is 0.308. The Morgan fingerprint density at radius 3 is 2.47 bits per heavy atom. The van der Waals surface area contributed by atoms with Crippen LogP contribution in [-0.4, -0.2) is 36.8 Å². The second-order valence-electron chi connectivity index (χ2n) is 9.03. The number of halogens is 3. The third-order valence-corrected chi connectivity index (χ3v) is 8.83. The molecule has 1 aliphatic carbocycles. The molecule has 8 nitrogen and oxygen atoms in total. The summed E-state index contributed by atoms with van der Waals surface area (Å²) in [5, 5.41) is 2.75. The average molecular weight is 656 g/mol. The van der Waals surface area contributed by atoms with Crippen molar-refractivity contribution in [3.63, 3.8) is 0 Å². The standard InChI is InChI=1S/C26H27F2IN4O4S/c1-3-33(13-16-8-10-31-11-9-16)38(35,36)25-22(28)21(27)23(32-19-7-6-18(29)12-15(19)2)20(26(30)34)24(25)37-14-17-4-5-17/h6-12,17,32H,3-5,13-14H2,1-2H3,(H2,30,34). The van der Waals surface area contributed by atoms with E-state index in [4.69, 9.17) is 10.5 Å². The van der Waals surface area contributed by atoms with E-state index in [2.05, 4.69) is 32.9 Å². The topological polar surface area (TPSA) is 115 Å². The van der Waals surface area contributed by atoms with Crippen LogP contribution in [0.15, 0.2) is 47.6 Å². The van der Waals surface area contributed by atoms with Gasteiger partial charge in [0.05, 0.1) is 12.3 Å². The summed E-state index contributed by atoms with van der Waals surface area (Å²) in [5.41, 5.74) is 6.18. The molecule has 1 heterocycles. The number of pyridine rings is 1. The largest absolute Gasteiger partial charge is 0.491 e. The predicted octanol–water partition coefficient (Wildman–Crippen LogP) is 5.11. The third-order valence-electron chi connectivity index (χ3n) is 6.21. The molecule has 38 heavy (non-hydrogen) atoms. The van der Waals surface area contributed by atoms with Gasteiger partial charge in [-0.2, -0.15) is 4.31 Å². The van der Waals surface area contributed by atoms with Gasteiger partial charge >= 0.3 is 0 Å². The molecule has 202 valence electrons. The number of primary amides is 1. The number of carbonyl (C=O) groups is 1. The molecule has 3 N–H and O–H groups in total. The van der Waals surface area contributed by atoms with Crippen LogP contribution in [0.4, 0.5) is 20.2 Å². The molecule has 1 saturated carbocycles. The number of carbonyl (C=O) groups excluding carboxylic acids is 1. The van der Waals surface area contributed by atoms with Crippen molar-refractivity contribution in [1.82, 2.24) is 9.29 Å². The van der Waals surface area contributed by atoms with Crippen molar-refractivity contribution >= 4 is 49.9 Å². The van der Waals surface area contributed by atoms with E-state index in [1.807, 2.05) is 6.07 Å². The molecule has 2 aromatic carbocycles. The Kier molecular flexibility index (Phi) is 8.52. The summed E-state index contributed by atoms with van der Waals surface area (Å²) in [6.07, 6.45) is 4.68. The highest BCUT2D eigenvalue weighted by Crippen LogP contribution is 2.42. The molecule has 3 aromatic rings. The summed E-state index contributed by atoms with van der Waals surface area (Å²) >= 11 is 2.11. The van der Waals surface area contributed by atoms with Crippen molar-refractivity contribution in [2.24, 2.45) is 11.7 Å². The number of amides is 1. The molecule has 1 aliphatic rings. The summed E-state index contributed by atoms with van der Waals surface area (Å²) in [6, 6.07) is 8.43. The zero-order valence-electron chi connectivity index (χ0n) is 20.8. The number of nitrogens with one attached hydrogen (secondary N) is 1. The van der Waals surface area contributed by atoms with Crippen molar-refractivity contribution in [1.29, 1.82) is 0 Å². The molecule has 0 radical (unpaired) electrons. The Hall–Kier alpha value is -2.84. The molecular formula is C26H27F2IN4O4S. The van der Waals surface area contributed by atoms with Gasteiger partial charge in [-0.05, 0) is 89.7 Å². The number of hydrogen-bond acceptors (Lipinski definition) is 6. The van der Waals surface area contributed by atoms with Crippen molar-refractivity contribution in [2.45, 2.75) is 38.1 Å². The van der Waals surface area contributed by atoms with Crippen LogP contribution in [0.25, 0.3) is 0 Å². The summed E-state index contributed by atoms with van der Waals surface area (Å²) in [7, 11) is -4.68. The van der Waals surface area contributed by atoms with Gasteiger partial charge in [0.2, 0.25) is 10.0 Å². The molecule has 0 aliphatic heterocycles. The van der Waals surface area contributed by atoms with E-state index in [1.54, 1.807) is 38.1 Å². The van der Waals surface area contributed by atoms with Gasteiger partial charge in [-0.3, -0.25) is 9.78 Å². The maximum Gasteiger partial charge on any atom is 0.254 e. The van der Waals surface area contributed by atoms with Crippen LogP contribution in [0.5, 0.6) is 5.75 Å². The van der Waals surface area contributed by atoms with E-state index in [-0.39, 0.29) is 25.6 Å². The number of nitrogens with two attached hydrogens (primary N) is 1. The van der Waals surface area contributed by atoms with E-state index in [0.717, 1.165) is 20.7 Å². The summed E-state index contributed by atoms with van der Waals surface area (Å²) in [4.78, 5) is 15.6. The Morgan fingerprint density at radius 1 is 1.21 bits per heavy atom. The van der Waals surface area contributed by atoms with Gasteiger partial charge < -0.3 is 15.8 Å². The number of anilines is 2. The lowest BCUT2D eigenvalue weighted by molar-refractivity contribution is 0.0995. The van der Waals surface area contributed by atoms with E-state index in [1.165, 1.54) is 12.4 Å². The quantitative estimate of drug-likeness (QED) is 0.277. The Labute approximate surface area is 233 Å². The highest BCUT2D eigenvalue weighted by molar-refractivity contribution is 14.1. The molecule has 1 fully saturated rings. The van der Waals surface area contributed by atoms with E-state index in [9.17, 15) is 13.2 Å². The van der Waals surface area contributed by atoms with Crippen LogP contribution in [0.3, 0.4) is 0 Å². The second kappa shape index (κ2) is 11.5. The summed E-state index contributed by atoms with van der Waals surface area (Å²) in [5.74, 6) is -4.84. The van der Waals surface area contributed by atoms with Gasteiger partial charge in [0.15, 0.2) is 22.3 Å². The molecule has 4 rings (SSSR count). The molecule has 0 saturated heterocycles. The van der Waals surface area contributed by atoms with Gasteiger partial charge in [-0.25, -0.2) is 17.2 Å². The van der Waals surface area contributed by atoms with E-state index in [0.29, 0.717) is 16.8 Å². The van der Waals surface area contributed by atoms with Crippen molar-refractivity contribution in [2.75, 3.05) is 18.5 Å². The molecule has 12 heteroatoms. The maximum absolute atomic E-state index is 15.8. The third kappa shape index (κ3) is 5.91.